The fourth-order valence-corrected chi connectivity index (χ4v) is 2.09. The minimum atomic E-state index is -0.00361. The molecular formula is C12H18N4O. The van der Waals surface area contributed by atoms with E-state index >= 15 is 0 Å². The average molecular weight is 234 g/mol. The fourth-order valence-electron chi connectivity index (χ4n) is 2.09. The maximum absolute atomic E-state index is 12.1. The van der Waals surface area contributed by atoms with Gasteiger partial charge < -0.3 is 10.2 Å². The molecule has 1 unspecified atom stereocenters. The Hall–Kier alpha value is -1.65. The maximum atomic E-state index is 12.1. The normalized spacial score (nSPS) is 19.4. The van der Waals surface area contributed by atoms with Crippen molar-refractivity contribution in [2.24, 2.45) is 5.92 Å². The van der Waals surface area contributed by atoms with Crippen molar-refractivity contribution < 1.29 is 4.79 Å². The summed E-state index contributed by atoms with van der Waals surface area (Å²) in [5.41, 5.74) is 0.431. The van der Waals surface area contributed by atoms with E-state index < -0.39 is 0 Å². The Kier molecular flexibility index (Phi) is 3.56. The molecule has 0 saturated carbocycles. The van der Waals surface area contributed by atoms with Crippen LogP contribution in [-0.4, -0.2) is 41.1 Å². The Labute approximate surface area is 101 Å². The van der Waals surface area contributed by atoms with Crippen LogP contribution in [0.3, 0.4) is 0 Å². The number of hydrogen-bond donors (Lipinski definition) is 1. The molecule has 5 nitrogen and oxygen atoms in total. The summed E-state index contributed by atoms with van der Waals surface area (Å²) in [7, 11) is 1.78. The summed E-state index contributed by atoms with van der Waals surface area (Å²) in [6, 6.07) is 3.49. The van der Waals surface area contributed by atoms with Gasteiger partial charge in [0.25, 0.3) is 5.91 Å². The minimum Gasteiger partial charge on any atom is -0.372 e. The van der Waals surface area contributed by atoms with Crippen LogP contribution in [0, 0.1) is 5.92 Å². The largest absolute Gasteiger partial charge is 0.372 e. The molecule has 1 amide bonds. The number of carbonyl (C=O) groups is 1. The summed E-state index contributed by atoms with van der Waals surface area (Å²) in [6.07, 6.45) is 2.23. The van der Waals surface area contributed by atoms with Crippen LogP contribution in [0.1, 0.15) is 30.3 Å². The van der Waals surface area contributed by atoms with Gasteiger partial charge in [0.05, 0.1) is 0 Å². The van der Waals surface area contributed by atoms with Crippen molar-refractivity contribution >= 4 is 11.7 Å². The molecule has 2 heterocycles. The monoisotopic (exact) mass is 234 g/mol. The molecule has 1 N–H and O–H groups in total. The van der Waals surface area contributed by atoms with Gasteiger partial charge in [-0.05, 0) is 24.5 Å². The Morgan fingerprint density at radius 1 is 1.53 bits per heavy atom. The lowest BCUT2D eigenvalue weighted by Crippen LogP contribution is -2.29. The quantitative estimate of drug-likeness (QED) is 0.858. The molecule has 1 saturated heterocycles. The fraction of sp³-hybridized carbons (Fsp3) is 0.583. The van der Waals surface area contributed by atoms with E-state index in [1.54, 1.807) is 19.2 Å². The first-order valence-electron chi connectivity index (χ1n) is 6.05. The second-order valence-corrected chi connectivity index (χ2v) is 4.37. The summed E-state index contributed by atoms with van der Waals surface area (Å²) < 4.78 is 0. The van der Waals surface area contributed by atoms with Gasteiger partial charge in [0.15, 0.2) is 5.69 Å². The number of amides is 1. The summed E-state index contributed by atoms with van der Waals surface area (Å²) in [6.45, 7) is 3.86. The lowest BCUT2D eigenvalue weighted by atomic mass is 10.1. The Morgan fingerprint density at radius 2 is 2.35 bits per heavy atom. The SMILES string of the molecule is CCC1CCN(C(=O)c2ccc(NC)nn2)C1. The topological polar surface area (TPSA) is 58.1 Å². The molecule has 1 aliphatic heterocycles. The van der Waals surface area contributed by atoms with Gasteiger partial charge in [-0.1, -0.05) is 13.3 Å². The van der Waals surface area contributed by atoms with Crippen molar-refractivity contribution in [3.8, 4) is 0 Å². The van der Waals surface area contributed by atoms with Gasteiger partial charge in [0, 0.05) is 20.1 Å². The Balaban J connectivity index is 2.04. The number of nitrogens with zero attached hydrogens (tertiary/aromatic N) is 3. The number of likely N-dealkylation sites (tertiary alicyclic amines) is 1. The first kappa shape index (κ1) is 11.8. The number of anilines is 1. The predicted octanol–water partition coefficient (Wildman–Crippen LogP) is 1.39. The standard InChI is InChI=1S/C12H18N4O/c1-3-9-6-7-16(8-9)12(17)10-4-5-11(13-2)15-14-10/h4-5,9H,3,6-8H2,1-2H3,(H,13,15). The van der Waals surface area contributed by atoms with Crippen LogP contribution in [0.4, 0.5) is 5.82 Å². The van der Waals surface area contributed by atoms with Gasteiger partial charge in [0.2, 0.25) is 0 Å². The Bertz CT molecular complexity index is 390. The number of rotatable bonds is 3. The summed E-state index contributed by atoms with van der Waals surface area (Å²) in [5, 5.41) is 10.7. The van der Waals surface area contributed by atoms with Crippen LogP contribution in [0.15, 0.2) is 12.1 Å². The minimum absolute atomic E-state index is 0.00361. The van der Waals surface area contributed by atoms with Crippen LogP contribution in [0.25, 0.3) is 0 Å². The summed E-state index contributed by atoms with van der Waals surface area (Å²) in [5.74, 6) is 1.31. The van der Waals surface area contributed by atoms with Gasteiger partial charge in [0.1, 0.15) is 5.82 Å². The molecule has 0 spiro atoms. The zero-order valence-corrected chi connectivity index (χ0v) is 10.3. The van der Waals surface area contributed by atoms with E-state index in [1.807, 2.05) is 4.90 Å². The molecule has 0 aliphatic carbocycles. The smallest absolute Gasteiger partial charge is 0.274 e. The van der Waals surface area contributed by atoms with E-state index in [2.05, 4.69) is 22.4 Å². The third-order valence-electron chi connectivity index (χ3n) is 3.29. The number of carbonyl (C=O) groups excluding carboxylic acids is 1. The summed E-state index contributed by atoms with van der Waals surface area (Å²) in [4.78, 5) is 14.0. The van der Waals surface area contributed by atoms with Crippen molar-refractivity contribution in [3.05, 3.63) is 17.8 Å². The van der Waals surface area contributed by atoms with Crippen LogP contribution >= 0.6 is 0 Å². The highest BCUT2D eigenvalue weighted by atomic mass is 16.2. The Morgan fingerprint density at radius 3 is 2.88 bits per heavy atom. The molecule has 1 atom stereocenters. The molecule has 1 aliphatic rings. The van der Waals surface area contributed by atoms with Crippen molar-refractivity contribution in [2.75, 3.05) is 25.5 Å². The summed E-state index contributed by atoms with van der Waals surface area (Å²) >= 11 is 0. The van der Waals surface area contributed by atoms with Crippen molar-refractivity contribution in [1.29, 1.82) is 0 Å². The number of nitrogens with one attached hydrogen (secondary N) is 1. The van der Waals surface area contributed by atoms with E-state index in [0.717, 1.165) is 25.9 Å². The highest BCUT2D eigenvalue weighted by Gasteiger charge is 2.26. The highest BCUT2D eigenvalue weighted by molar-refractivity contribution is 5.92. The third kappa shape index (κ3) is 2.54. The van der Waals surface area contributed by atoms with Crippen molar-refractivity contribution in [1.82, 2.24) is 15.1 Å². The van der Waals surface area contributed by atoms with Gasteiger partial charge in [-0.15, -0.1) is 10.2 Å². The van der Waals surface area contributed by atoms with E-state index in [4.69, 9.17) is 0 Å². The molecule has 1 aromatic rings. The molecule has 1 fully saturated rings. The molecule has 0 aromatic carbocycles. The molecule has 0 bridgehead atoms. The van der Waals surface area contributed by atoms with Crippen molar-refractivity contribution in [3.63, 3.8) is 0 Å². The zero-order valence-electron chi connectivity index (χ0n) is 10.3. The van der Waals surface area contributed by atoms with Gasteiger partial charge in [-0.2, -0.15) is 0 Å². The molecule has 17 heavy (non-hydrogen) atoms. The molecule has 5 heteroatoms. The molecule has 1 aromatic heterocycles. The van der Waals surface area contributed by atoms with E-state index in [0.29, 0.717) is 17.4 Å². The second-order valence-electron chi connectivity index (χ2n) is 4.37. The second kappa shape index (κ2) is 5.12. The molecule has 2 rings (SSSR count). The van der Waals surface area contributed by atoms with Crippen LogP contribution in [0.5, 0.6) is 0 Å². The van der Waals surface area contributed by atoms with E-state index in [-0.39, 0.29) is 5.91 Å². The van der Waals surface area contributed by atoms with Crippen molar-refractivity contribution in [2.45, 2.75) is 19.8 Å². The van der Waals surface area contributed by atoms with Gasteiger partial charge in [-0.25, -0.2) is 0 Å². The lowest BCUT2D eigenvalue weighted by Gasteiger charge is -2.15. The van der Waals surface area contributed by atoms with Crippen LogP contribution in [0.2, 0.25) is 0 Å². The lowest BCUT2D eigenvalue weighted by molar-refractivity contribution is 0.0780. The van der Waals surface area contributed by atoms with Gasteiger partial charge >= 0.3 is 0 Å². The number of aromatic nitrogens is 2. The highest BCUT2D eigenvalue weighted by Crippen LogP contribution is 2.20. The van der Waals surface area contributed by atoms with Crippen LogP contribution < -0.4 is 5.32 Å². The van der Waals surface area contributed by atoms with Crippen LogP contribution in [-0.2, 0) is 0 Å². The zero-order chi connectivity index (χ0) is 12.3. The number of hydrogen-bond acceptors (Lipinski definition) is 4. The van der Waals surface area contributed by atoms with E-state index in [1.165, 1.54) is 0 Å². The maximum Gasteiger partial charge on any atom is 0.274 e. The average Bonchev–Trinajstić information content (AvgIpc) is 2.87. The third-order valence-corrected chi connectivity index (χ3v) is 3.29. The molecule has 92 valence electrons. The first-order valence-corrected chi connectivity index (χ1v) is 6.05. The first-order chi connectivity index (χ1) is 8.24. The molecular weight excluding hydrogens is 216 g/mol. The van der Waals surface area contributed by atoms with E-state index in [9.17, 15) is 4.79 Å². The van der Waals surface area contributed by atoms with Gasteiger partial charge in [-0.3, -0.25) is 4.79 Å². The molecule has 0 radical (unpaired) electrons. The predicted molar refractivity (Wildman–Crippen MR) is 65.9 cm³/mol.